The van der Waals surface area contributed by atoms with Crippen LogP contribution in [-0.2, 0) is 4.74 Å². The second kappa shape index (κ2) is 5.92. The zero-order valence-electron chi connectivity index (χ0n) is 11.2. The SMILES string of the molecule is COc1ccc(C(=O)NC2(C)CCCOC2)cc1Br. The number of hydrogen-bond acceptors (Lipinski definition) is 3. The molecule has 19 heavy (non-hydrogen) atoms. The molecule has 4 nitrogen and oxygen atoms in total. The lowest BCUT2D eigenvalue weighted by Gasteiger charge is -2.34. The summed E-state index contributed by atoms with van der Waals surface area (Å²) < 4.78 is 11.4. The van der Waals surface area contributed by atoms with Crippen LogP contribution < -0.4 is 10.1 Å². The Kier molecular flexibility index (Phi) is 4.47. The van der Waals surface area contributed by atoms with Crippen LogP contribution in [0.1, 0.15) is 30.1 Å². The maximum absolute atomic E-state index is 12.2. The van der Waals surface area contributed by atoms with Crippen molar-refractivity contribution in [2.45, 2.75) is 25.3 Å². The van der Waals surface area contributed by atoms with Gasteiger partial charge in [0.15, 0.2) is 0 Å². The van der Waals surface area contributed by atoms with Crippen LogP contribution in [-0.4, -0.2) is 31.8 Å². The van der Waals surface area contributed by atoms with Crippen LogP contribution >= 0.6 is 15.9 Å². The molecule has 1 aromatic carbocycles. The fourth-order valence-electron chi connectivity index (χ4n) is 2.19. The lowest BCUT2D eigenvalue weighted by molar-refractivity contribution is 0.0272. The molecule has 1 aliphatic heterocycles. The summed E-state index contributed by atoms with van der Waals surface area (Å²) in [7, 11) is 1.60. The van der Waals surface area contributed by atoms with Gasteiger partial charge in [-0.3, -0.25) is 4.79 Å². The van der Waals surface area contributed by atoms with Gasteiger partial charge in [0.05, 0.1) is 23.7 Å². The molecule has 0 spiro atoms. The van der Waals surface area contributed by atoms with Gasteiger partial charge in [-0.05, 0) is 53.9 Å². The first-order valence-corrected chi connectivity index (χ1v) is 7.07. The molecule has 104 valence electrons. The predicted molar refractivity (Wildman–Crippen MR) is 76.6 cm³/mol. The van der Waals surface area contributed by atoms with Gasteiger partial charge in [0, 0.05) is 12.2 Å². The number of rotatable bonds is 3. The minimum absolute atomic E-state index is 0.0867. The third kappa shape index (κ3) is 3.48. The Morgan fingerprint density at radius 3 is 2.89 bits per heavy atom. The van der Waals surface area contributed by atoms with Gasteiger partial charge >= 0.3 is 0 Å². The van der Waals surface area contributed by atoms with Crippen molar-refractivity contribution in [3.05, 3.63) is 28.2 Å². The Labute approximate surface area is 121 Å². The Morgan fingerprint density at radius 1 is 1.53 bits per heavy atom. The lowest BCUT2D eigenvalue weighted by Crippen LogP contribution is -2.51. The summed E-state index contributed by atoms with van der Waals surface area (Å²) in [6, 6.07) is 5.30. The van der Waals surface area contributed by atoms with E-state index in [1.54, 1.807) is 25.3 Å². The third-order valence-corrected chi connectivity index (χ3v) is 3.89. The van der Waals surface area contributed by atoms with E-state index in [4.69, 9.17) is 9.47 Å². The first kappa shape index (κ1) is 14.3. The van der Waals surface area contributed by atoms with Crippen LogP contribution in [0.15, 0.2) is 22.7 Å². The number of hydrogen-bond donors (Lipinski definition) is 1. The van der Waals surface area contributed by atoms with E-state index in [0.717, 1.165) is 23.9 Å². The van der Waals surface area contributed by atoms with Crippen molar-refractivity contribution in [1.29, 1.82) is 0 Å². The van der Waals surface area contributed by atoms with Crippen LogP contribution in [0, 0.1) is 0 Å². The van der Waals surface area contributed by atoms with E-state index in [-0.39, 0.29) is 11.4 Å². The highest BCUT2D eigenvalue weighted by Gasteiger charge is 2.29. The molecule has 0 aromatic heterocycles. The Hall–Kier alpha value is -1.07. The normalized spacial score (nSPS) is 22.9. The average molecular weight is 328 g/mol. The van der Waals surface area contributed by atoms with Gasteiger partial charge in [-0.25, -0.2) is 0 Å². The zero-order chi connectivity index (χ0) is 13.9. The zero-order valence-corrected chi connectivity index (χ0v) is 12.7. The van der Waals surface area contributed by atoms with Crippen molar-refractivity contribution in [3.8, 4) is 5.75 Å². The molecule has 2 rings (SSSR count). The molecule has 5 heteroatoms. The van der Waals surface area contributed by atoms with Crippen molar-refractivity contribution >= 4 is 21.8 Å². The molecular weight excluding hydrogens is 310 g/mol. The highest BCUT2D eigenvalue weighted by atomic mass is 79.9. The largest absolute Gasteiger partial charge is 0.496 e. The molecular formula is C14H18BrNO3. The number of nitrogens with one attached hydrogen (secondary N) is 1. The maximum atomic E-state index is 12.2. The molecule has 0 saturated carbocycles. The first-order valence-electron chi connectivity index (χ1n) is 6.28. The summed E-state index contributed by atoms with van der Waals surface area (Å²) in [6.45, 7) is 3.36. The minimum Gasteiger partial charge on any atom is -0.496 e. The standard InChI is InChI=1S/C14H18BrNO3/c1-14(6-3-7-19-9-14)16-13(17)10-4-5-12(18-2)11(15)8-10/h4-5,8H,3,6-7,9H2,1-2H3,(H,16,17). The average Bonchev–Trinajstić information content (AvgIpc) is 2.39. The van der Waals surface area contributed by atoms with E-state index in [1.165, 1.54) is 0 Å². The molecule has 1 aromatic rings. The van der Waals surface area contributed by atoms with E-state index in [2.05, 4.69) is 21.2 Å². The minimum atomic E-state index is -0.276. The highest BCUT2D eigenvalue weighted by Crippen LogP contribution is 2.26. The van der Waals surface area contributed by atoms with Crippen LogP contribution in [0.25, 0.3) is 0 Å². The number of carbonyl (C=O) groups is 1. The number of ether oxygens (including phenoxy) is 2. The van der Waals surface area contributed by atoms with E-state index >= 15 is 0 Å². The van der Waals surface area contributed by atoms with Gasteiger partial charge in [0.2, 0.25) is 0 Å². The van der Waals surface area contributed by atoms with Crippen LogP contribution in [0.4, 0.5) is 0 Å². The quantitative estimate of drug-likeness (QED) is 0.928. The smallest absolute Gasteiger partial charge is 0.251 e. The van der Waals surface area contributed by atoms with E-state index in [0.29, 0.717) is 17.9 Å². The number of methoxy groups -OCH3 is 1. The van der Waals surface area contributed by atoms with Gasteiger partial charge in [-0.15, -0.1) is 0 Å². The maximum Gasteiger partial charge on any atom is 0.251 e. The summed E-state index contributed by atoms with van der Waals surface area (Å²) in [6.07, 6.45) is 1.92. The van der Waals surface area contributed by atoms with Crippen molar-refractivity contribution in [1.82, 2.24) is 5.32 Å². The topological polar surface area (TPSA) is 47.6 Å². The van der Waals surface area contributed by atoms with Crippen LogP contribution in [0.3, 0.4) is 0 Å². The molecule has 1 fully saturated rings. The first-order chi connectivity index (χ1) is 9.04. The molecule has 1 aliphatic rings. The van der Waals surface area contributed by atoms with E-state index in [1.807, 2.05) is 6.92 Å². The van der Waals surface area contributed by atoms with Crippen molar-refractivity contribution in [2.24, 2.45) is 0 Å². The van der Waals surface area contributed by atoms with Crippen molar-refractivity contribution < 1.29 is 14.3 Å². The summed E-state index contributed by atoms with van der Waals surface area (Å²) in [5.41, 5.74) is 0.335. The Morgan fingerprint density at radius 2 is 2.32 bits per heavy atom. The van der Waals surface area contributed by atoms with Gasteiger partial charge in [-0.2, -0.15) is 0 Å². The van der Waals surface area contributed by atoms with Crippen molar-refractivity contribution in [2.75, 3.05) is 20.3 Å². The molecule has 1 heterocycles. The number of halogens is 1. The molecule has 0 bridgehead atoms. The van der Waals surface area contributed by atoms with Crippen LogP contribution in [0.2, 0.25) is 0 Å². The van der Waals surface area contributed by atoms with E-state index < -0.39 is 0 Å². The lowest BCUT2D eigenvalue weighted by atomic mass is 9.94. The predicted octanol–water partition coefficient (Wildman–Crippen LogP) is 2.76. The monoisotopic (exact) mass is 327 g/mol. The second-order valence-corrected chi connectivity index (χ2v) is 5.87. The summed E-state index contributed by atoms with van der Waals surface area (Å²) in [4.78, 5) is 12.2. The summed E-state index contributed by atoms with van der Waals surface area (Å²) in [5.74, 6) is 0.625. The van der Waals surface area contributed by atoms with Gasteiger partial charge in [0.25, 0.3) is 5.91 Å². The fourth-order valence-corrected chi connectivity index (χ4v) is 2.73. The Bertz CT molecular complexity index is 470. The highest BCUT2D eigenvalue weighted by molar-refractivity contribution is 9.10. The van der Waals surface area contributed by atoms with Crippen molar-refractivity contribution in [3.63, 3.8) is 0 Å². The van der Waals surface area contributed by atoms with Gasteiger partial charge < -0.3 is 14.8 Å². The fraction of sp³-hybridized carbons (Fsp3) is 0.500. The molecule has 1 amide bonds. The van der Waals surface area contributed by atoms with Gasteiger partial charge in [-0.1, -0.05) is 0 Å². The van der Waals surface area contributed by atoms with Gasteiger partial charge in [0.1, 0.15) is 5.75 Å². The number of carbonyl (C=O) groups excluding carboxylic acids is 1. The summed E-state index contributed by atoms with van der Waals surface area (Å²) in [5, 5.41) is 3.05. The van der Waals surface area contributed by atoms with Crippen LogP contribution in [0.5, 0.6) is 5.75 Å². The molecule has 0 radical (unpaired) electrons. The Balaban J connectivity index is 2.09. The molecule has 0 aliphatic carbocycles. The molecule has 1 unspecified atom stereocenters. The number of benzene rings is 1. The molecule has 1 saturated heterocycles. The second-order valence-electron chi connectivity index (χ2n) is 5.02. The molecule has 1 N–H and O–H groups in total. The molecule has 1 atom stereocenters. The number of amides is 1. The third-order valence-electron chi connectivity index (χ3n) is 3.27. The van der Waals surface area contributed by atoms with E-state index in [9.17, 15) is 4.79 Å². The summed E-state index contributed by atoms with van der Waals surface area (Å²) >= 11 is 3.38.